The molecule has 1 aromatic rings. The van der Waals surface area contributed by atoms with Crippen LogP contribution >= 0.6 is 0 Å². The molecular weight excluding hydrogens is 236 g/mol. The van der Waals surface area contributed by atoms with Gasteiger partial charge in [0, 0.05) is 13.0 Å². The summed E-state index contributed by atoms with van der Waals surface area (Å²) in [6.45, 7) is 9.00. The van der Waals surface area contributed by atoms with Gasteiger partial charge in [0.25, 0.3) is 0 Å². The van der Waals surface area contributed by atoms with Crippen LogP contribution in [0.15, 0.2) is 30.3 Å². The summed E-state index contributed by atoms with van der Waals surface area (Å²) in [5.74, 6) is 0.149. The second-order valence-electron chi connectivity index (χ2n) is 4.70. The van der Waals surface area contributed by atoms with Crippen molar-refractivity contribution in [2.45, 2.75) is 39.7 Å². The highest BCUT2D eigenvalue weighted by Crippen LogP contribution is 2.19. The average molecular weight is 262 g/mol. The minimum absolute atomic E-state index is 0.149. The summed E-state index contributed by atoms with van der Waals surface area (Å²) in [5, 5.41) is 3.05. The van der Waals surface area contributed by atoms with Gasteiger partial charge in [-0.1, -0.05) is 51.1 Å². The molecule has 0 heterocycles. The lowest BCUT2D eigenvalue weighted by Gasteiger charge is -2.30. The van der Waals surface area contributed by atoms with Crippen molar-refractivity contribution in [1.29, 1.82) is 0 Å². The second-order valence-corrected chi connectivity index (χ2v) is 4.70. The van der Waals surface area contributed by atoms with Crippen molar-refractivity contribution in [3.8, 4) is 0 Å². The quantitative estimate of drug-likeness (QED) is 0.781. The predicted octanol–water partition coefficient (Wildman–Crippen LogP) is 2.99. The predicted molar refractivity (Wildman–Crippen MR) is 80.0 cm³/mol. The largest absolute Gasteiger partial charge is 0.354 e. The van der Waals surface area contributed by atoms with E-state index in [2.05, 4.69) is 48.3 Å². The van der Waals surface area contributed by atoms with Crippen LogP contribution in [-0.2, 0) is 4.79 Å². The van der Waals surface area contributed by atoms with E-state index in [0.717, 1.165) is 19.5 Å². The molecule has 0 saturated carbocycles. The third kappa shape index (κ3) is 5.03. The number of likely N-dealkylation sites (N-methyl/N-ethyl adjacent to an activating group) is 1. The molecule has 0 aliphatic heterocycles. The Morgan fingerprint density at radius 1 is 1.16 bits per heavy atom. The summed E-state index contributed by atoms with van der Waals surface area (Å²) >= 11 is 0. The summed E-state index contributed by atoms with van der Waals surface area (Å²) in [5.41, 5.74) is 1.27. The first-order chi connectivity index (χ1) is 9.22. The molecule has 106 valence electrons. The highest BCUT2D eigenvalue weighted by atomic mass is 16.1. The fourth-order valence-corrected chi connectivity index (χ4v) is 2.32. The fourth-order valence-electron chi connectivity index (χ4n) is 2.32. The molecule has 0 spiro atoms. The van der Waals surface area contributed by atoms with Gasteiger partial charge >= 0.3 is 0 Å². The SMILES string of the molecule is CCCC(=O)NCC(c1ccccc1)N(CC)CC. The van der Waals surface area contributed by atoms with Gasteiger partial charge in [0.2, 0.25) is 5.91 Å². The Hall–Kier alpha value is -1.35. The Labute approximate surface area is 117 Å². The molecule has 0 radical (unpaired) electrons. The van der Waals surface area contributed by atoms with Crippen LogP contribution in [0.1, 0.15) is 45.2 Å². The van der Waals surface area contributed by atoms with Gasteiger partial charge in [-0.05, 0) is 25.1 Å². The molecule has 0 saturated heterocycles. The van der Waals surface area contributed by atoms with E-state index in [9.17, 15) is 4.79 Å². The maximum atomic E-state index is 11.6. The van der Waals surface area contributed by atoms with Crippen LogP contribution in [-0.4, -0.2) is 30.4 Å². The average Bonchev–Trinajstić information content (AvgIpc) is 2.44. The van der Waals surface area contributed by atoms with Crippen LogP contribution in [0, 0.1) is 0 Å². The van der Waals surface area contributed by atoms with Crippen LogP contribution < -0.4 is 5.32 Å². The number of carbonyl (C=O) groups is 1. The smallest absolute Gasteiger partial charge is 0.220 e. The molecule has 0 aromatic heterocycles. The summed E-state index contributed by atoms with van der Waals surface area (Å²) in [6.07, 6.45) is 1.51. The van der Waals surface area contributed by atoms with Crippen LogP contribution in [0.3, 0.4) is 0 Å². The van der Waals surface area contributed by atoms with Crippen LogP contribution in [0.25, 0.3) is 0 Å². The Balaban J connectivity index is 2.73. The number of carbonyl (C=O) groups excluding carboxylic acids is 1. The van der Waals surface area contributed by atoms with Crippen molar-refractivity contribution < 1.29 is 4.79 Å². The van der Waals surface area contributed by atoms with Gasteiger partial charge in [0.05, 0.1) is 6.04 Å². The van der Waals surface area contributed by atoms with Gasteiger partial charge in [0.15, 0.2) is 0 Å². The first-order valence-corrected chi connectivity index (χ1v) is 7.28. The third-order valence-corrected chi connectivity index (χ3v) is 3.41. The molecule has 1 aromatic carbocycles. The maximum absolute atomic E-state index is 11.6. The first kappa shape index (κ1) is 15.7. The molecule has 1 amide bonds. The van der Waals surface area contributed by atoms with E-state index in [-0.39, 0.29) is 11.9 Å². The number of rotatable bonds is 8. The number of nitrogens with zero attached hydrogens (tertiary/aromatic N) is 1. The molecule has 1 N–H and O–H groups in total. The Bertz CT molecular complexity index is 360. The monoisotopic (exact) mass is 262 g/mol. The molecule has 19 heavy (non-hydrogen) atoms. The van der Waals surface area contributed by atoms with E-state index in [0.29, 0.717) is 13.0 Å². The zero-order valence-corrected chi connectivity index (χ0v) is 12.4. The third-order valence-electron chi connectivity index (χ3n) is 3.41. The summed E-state index contributed by atoms with van der Waals surface area (Å²) in [4.78, 5) is 14.0. The number of amides is 1. The Morgan fingerprint density at radius 2 is 1.79 bits per heavy atom. The van der Waals surface area contributed by atoms with Gasteiger partial charge in [-0.2, -0.15) is 0 Å². The topological polar surface area (TPSA) is 32.3 Å². The molecule has 1 rings (SSSR count). The van der Waals surface area contributed by atoms with Crippen LogP contribution in [0.4, 0.5) is 0 Å². The fraction of sp³-hybridized carbons (Fsp3) is 0.562. The lowest BCUT2D eigenvalue weighted by atomic mass is 10.0. The Morgan fingerprint density at radius 3 is 2.32 bits per heavy atom. The summed E-state index contributed by atoms with van der Waals surface area (Å²) in [7, 11) is 0. The van der Waals surface area contributed by atoms with Crippen molar-refractivity contribution in [1.82, 2.24) is 10.2 Å². The van der Waals surface area contributed by atoms with Crippen molar-refractivity contribution in [3.05, 3.63) is 35.9 Å². The lowest BCUT2D eigenvalue weighted by Crippen LogP contribution is -2.38. The molecule has 0 bridgehead atoms. The maximum Gasteiger partial charge on any atom is 0.220 e. The number of hydrogen-bond acceptors (Lipinski definition) is 2. The highest BCUT2D eigenvalue weighted by molar-refractivity contribution is 5.75. The van der Waals surface area contributed by atoms with Crippen molar-refractivity contribution >= 4 is 5.91 Å². The molecule has 0 aliphatic rings. The molecule has 3 heteroatoms. The van der Waals surface area contributed by atoms with Crippen molar-refractivity contribution in [2.75, 3.05) is 19.6 Å². The number of hydrogen-bond donors (Lipinski definition) is 1. The highest BCUT2D eigenvalue weighted by Gasteiger charge is 2.18. The molecule has 0 fully saturated rings. The molecule has 1 unspecified atom stereocenters. The standard InChI is InChI=1S/C16H26N2O/c1-4-10-16(19)17-13-15(18(5-2)6-3)14-11-8-7-9-12-14/h7-9,11-12,15H,4-6,10,13H2,1-3H3,(H,17,19). The van der Waals surface area contributed by atoms with E-state index < -0.39 is 0 Å². The lowest BCUT2D eigenvalue weighted by molar-refractivity contribution is -0.121. The van der Waals surface area contributed by atoms with Gasteiger partial charge < -0.3 is 5.32 Å². The molecular formula is C16H26N2O. The van der Waals surface area contributed by atoms with Gasteiger partial charge in [-0.25, -0.2) is 0 Å². The normalized spacial score (nSPS) is 12.4. The minimum atomic E-state index is 0.149. The minimum Gasteiger partial charge on any atom is -0.354 e. The molecule has 3 nitrogen and oxygen atoms in total. The number of nitrogens with one attached hydrogen (secondary N) is 1. The van der Waals surface area contributed by atoms with E-state index in [1.54, 1.807) is 0 Å². The van der Waals surface area contributed by atoms with Gasteiger partial charge in [-0.3, -0.25) is 9.69 Å². The van der Waals surface area contributed by atoms with Gasteiger partial charge in [0.1, 0.15) is 0 Å². The second kappa shape index (κ2) is 8.70. The van der Waals surface area contributed by atoms with Crippen molar-refractivity contribution in [2.24, 2.45) is 0 Å². The first-order valence-electron chi connectivity index (χ1n) is 7.28. The van der Waals surface area contributed by atoms with E-state index in [1.807, 2.05) is 13.0 Å². The van der Waals surface area contributed by atoms with Crippen LogP contribution in [0.2, 0.25) is 0 Å². The van der Waals surface area contributed by atoms with E-state index in [4.69, 9.17) is 0 Å². The zero-order valence-electron chi connectivity index (χ0n) is 12.4. The zero-order chi connectivity index (χ0) is 14.1. The van der Waals surface area contributed by atoms with Crippen LogP contribution in [0.5, 0.6) is 0 Å². The molecule has 0 aliphatic carbocycles. The summed E-state index contributed by atoms with van der Waals surface area (Å²) in [6, 6.07) is 10.7. The summed E-state index contributed by atoms with van der Waals surface area (Å²) < 4.78 is 0. The van der Waals surface area contributed by atoms with E-state index in [1.165, 1.54) is 5.56 Å². The number of benzene rings is 1. The Kier molecular flexibility index (Phi) is 7.19. The molecule has 1 atom stereocenters. The van der Waals surface area contributed by atoms with Gasteiger partial charge in [-0.15, -0.1) is 0 Å². The van der Waals surface area contributed by atoms with Crippen molar-refractivity contribution in [3.63, 3.8) is 0 Å². The van der Waals surface area contributed by atoms with E-state index >= 15 is 0 Å².